The molecule has 1 heterocycles. The van der Waals surface area contributed by atoms with Gasteiger partial charge in [-0.2, -0.15) is 4.99 Å². The van der Waals surface area contributed by atoms with Crippen LogP contribution in [0.5, 0.6) is 0 Å². The number of ether oxygens (including phenoxy) is 1. The molecule has 0 unspecified atom stereocenters. The van der Waals surface area contributed by atoms with Gasteiger partial charge in [-0.3, -0.25) is 4.79 Å². The Bertz CT molecular complexity index is 1350. The lowest BCUT2D eigenvalue weighted by Crippen LogP contribution is -2.18. The van der Waals surface area contributed by atoms with Crippen LogP contribution >= 0.6 is 11.3 Å². The zero-order chi connectivity index (χ0) is 23.1. The van der Waals surface area contributed by atoms with Crippen LogP contribution < -0.4 is 4.80 Å². The van der Waals surface area contributed by atoms with Crippen molar-refractivity contribution < 1.29 is 22.7 Å². The molecule has 2 aromatic carbocycles. The van der Waals surface area contributed by atoms with Crippen LogP contribution in [0.15, 0.2) is 53.5 Å². The lowest BCUT2D eigenvalue weighted by molar-refractivity contribution is -0.117. The van der Waals surface area contributed by atoms with E-state index in [2.05, 4.69) is 10.9 Å². The number of benzene rings is 2. The van der Waals surface area contributed by atoms with Gasteiger partial charge in [0.25, 0.3) is 0 Å². The summed E-state index contributed by atoms with van der Waals surface area (Å²) < 4.78 is 32.1. The molecule has 0 aliphatic rings. The largest absolute Gasteiger partial charge is 0.462 e. The van der Waals surface area contributed by atoms with Gasteiger partial charge >= 0.3 is 5.97 Å². The highest BCUT2D eigenvalue weighted by Crippen LogP contribution is 2.20. The minimum Gasteiger partial charge on any atom is -0.462 e. The molecule has 0 saturated heterocycles. The van der Waals surface area contributed by atoms with Crippen molar-refractivity contribution in [3.63, 3.8) is 0 Å². The molecule has 1 amide bonds. The minimum atomic E-state index is -3.46. The first-order valence-corrected chi connectivity index (χ1v) is 12.5. The van der Waals surface area contributed by atoms with Crippen LogP contribution in [0.2, 0.25) is 0 Å². The number of sulfone groups is 1. The van der Waals surface area contributed by atoms with E-state index in [1.54, 1.807) is 54.0 Å². The van der Waals surface area contributed by atoms with E-state index in [0.717, 1.165) is 5.52 Å². The van der Waals surface area contributed by atoms with E-state index >= 15 is 0 Å². The van der Waals surface area contributed by atoms with Gasteiger partial charge in [0.05, 0.1) is 40.4 Å². The number of amides is 1. The lowest BCUT2D eigenvalue weighted by atomic mass is 10.2. The smallest absolute Gasteiger partial charge is 0.338 e. The van der Waals surface area contributed by atoms with Crippen LogP contribution in [0.4, 0.5) is 0 Å². The topological polar surface area (TPSA) is 94.8 Å². The van der Waals surface area contributed by atoms with Crippen LogP contribution in [0, 0.1) is 12.3 Å². The molecule has 0 N–H and O–H groups in total. The highest BCUT2D eigenvalue weighted by molar-refractivity contribution is 7.90. The molecular formula is C23H22N2O5S2. The van der Waals surface area contributed by atoms with Gasteiger partial charge in [-0.15, -0.1) is 6.42 Å². The number of hydrogen-bond donors (Lipinski definition) is 0. The van der Waals surface area contributed by atoms with E-state index in [-0.39, 0.29) is 31.1 Å². The summed E-state index contributed by atoms with van der Waals surface area (Å²) in [6.45, 7) is 2.17. The second kappa shape index (κ2) is 10.4. The Morgan fingerprint density at radius 3 is 2.62 bits per heavy atom. The van der Waals surface area contributed by atoms with Crippen LogP contribution in [-0.4, -0.2) is 37.2 Å². The van der Waals surface area contributed by atoms with E-state index in [9.17, 15) is 18.0 Å². The van der Waals surface area contributed by atoms with E-state index in [0.29, 0.717) is 20.6 Å². The number of aromatic nitrogens is 1. The molecule has 0 fully saturated rings. The lowest BCUT2D eigenvalue weighted by Gasteiger charge is -2.03. The molecule has 166 valence electrons. The Balaban J connectivity index is 1.82. The summed E-state index contributed by atoms with van der Waals surface area (Å²) in [4.78, 5) is 28.9. The standard InChI is InChI=1S/C23H22N2O5S2/c1-3-13-25-19-11-10-18(22(27)30-4-2)15-20(19)31-23(25)24-21(26)12-14-32(28,29)16-17-8-6-5-7-9-17/h1,5-11,15H,4,12-14,16H2,2H3. The summed E-state index contributed by atoms with van der Waals surface area (Å²) in [6.07, 6.45) is 5.24. The zero-order valence-electron chi connectivity index (χ0n) is 17.5. The summed E-state index contributed by atoms with van der Waals surface area (Å²) in [5.74, 6) is 1.11. The van der Waals surface area contributed by atoms with Crippen molar-refractivity contribution >= 4 is 43.3 Å². The molecule has 0 bridgehead atoms. The van der Waals surface area contributed by atoms with Gasteiger partial charge in [0, 0.05) is 6.42 Å². The Kier molecular flexibility index (Phi) is 7.62. The third kappa shape index (κ3) is 5.93. The average molecular weight is 471 g/mol. The molecule has 0 spiro atoms. The Morgan fingerprint density at radius 2 is 1.94 bits per heavy atom. The first kappa shape index (κ1) is 23.4. The molecule has 0 radical (unpaired) electrons. The SMILES string of the molecule is C#CCn1c(=NC(=O)CCS(=O)(=O)Cc2ccccc2)sc2cc(C(=O)OCC)ccc21. The van der Waals surface area contributed by atoms with Crippen LogP contribution in [0.25, 0.3) is 10.2 Å². The molecule has 0 atom stereocenters. The van der Waals surface area contributed by atoms with Crippen LogP contribution in [0.1, 0.15) is 29.3 Å². The summed E-state index contributed by atoms with van der Waals surface area (Å²) >= 11 is 1.20. The van der Waals surface area contributed by atoms with Gasteiger partial charge in [0.15, 0.2) is 14.6 Å². The van der Waals surface area contributed by atoms with Crippen molar-refractivity contribution in [2.75, 3.05) is 12.4 Å². The van der Waals surface area contributed by atoms with Crippen molar-refractivity contribution in [3.05, 3.63) is 64.5 Å². The van der Waals surface area contributed by atoms with E-state index in [1.165, 1.54) is 11.3 Å². The van der Waals surface area contributed by atoms with E-state index in [4.69, 9.17) is 11.2 Å². The number of terminal acetylenes is 1. The molecule has 9 heteroatoms. The maximum atomic E-state index is 12.4. The molecule has 1 aromatic heterocycles. The van der Waals surface area contributed by atoms with Crippen LogP contribution in [0.3, 0.4) is 0 Å². The fourth-order valence-corrected chi connectivity index (χ4v) is 5.47. The predicted octanol–water partition coefficient (Wildman–Crippen LogP) is 2.95. The van der Waals surface area contributed by atoms with Crippen LogP contribution in [-0.2, 0) is 31.7 Å². The van der Waals surface area contributed by atoms with Crippen molar-refractivity contribution in [3.8, 4) is 12.3 Å². The normalized spacial score (nSPS) is 11.9. The zero-order valence-corrected chi connectivity index (χ0v) is 19.1. The van der Waals surface area contributed by atoms with E-state index < -0.39 is 21.7 Å². The fraction of sp³-hybridized carbons (Fsp3) is 0.261. The molecule has 7 nitrogen and oxygen atoms in total. The third-order valence-corrected chi connectivity index (χ3v) is 7.16. The number of esters is 1. The second-order valence-corrected chi connectivity index (χ2v) is 10.1. The fourth-order valence-electron chi connectivity index (χ4n) is 3.05. The first-order chi connectivity index (χ1) is 15.3. The third-order valence-electron chi connectivity index (χ3n) is 4.52. The highest BCUT2D eigenvalue weighted by Gasteiger charge is 2.16. The first-order valence-electron chi connectivity index (χ1n) is 9.89. The number of rotatable bonds is 8. The number of nitrogens with zero attached hydrogens (tertiary/aromatic N) is 2. The summed E-state index contributed by atoms with van der Waals surface area (Å²) in [5.41, 5.74) is 1.79. The Hall–Kier alpha value is -3.22. The quantitative estimate of drug-likeness (QED) is 0.373. The van der Waals surface area contributed by atoms with Gasteiger partial charge in [0.2, 0.25) is 5.91 Å². The van der Waals surface area contributed by atoms with Crippen molar-refractivity contribution in [1.29, 1.82) is 0 Å². The predicted molar refractivity (Wildman–Crippen MR) is 124 cm³/mol. The number of fused-ring (bicyclic) bond motifs is 1. The molecule has 3 aromatic rings. The number of carbonyl (C=O) groups excluding carboxylic acids is 2. The Labute approximate surface area is 190 Å². The minimum absolute atomic E-state index is 0.127. The maximum absolute atomic E-state index is 12.4. The molecule has 0 aliphatic heterocycles. The van der Waals surface area contributed by atoms with Gasteiger partial charge in [-0.05, 0) is 30.7 Å². The van der Waals surface area contributed by atoms with Crippen molar-refractivity contribution in [2.45, 2.75) is 25.6 Å². The van der Waals surface area contributed by atoms with E-state index in [1.807, 2.05) is 6.07 Å². The molecule has 3 rings (SSSR count). The monoisotopic (exact) mass is 470 g/mol. The van der Waals surface area contributed by atoms with Crippen molar-refractivity contribution in [2.24, 2.45) is 4.99 Å². The summed E-state index contributed by atoms with van der Waals surface area (Å²) in [5, 5.41) is 0. The number of carbonyl (C=O) groups is 2. The number of thiazole rings is 1. The van der Waals surface area contributed by atoms with Gasteiger partial charge in [-0.1, -0.05) is 47.6 Å². The second-order valence-electron chi connectivity index (χ2n) is 6.91. The molecular weight excluding hydrogens is 448 g/mol. The maximum Gasteiger partial charge on any atom is 0.338 e. The molecule has 0 aliphatic carbocycles. The molecule has 0 saturated carbocycles. The van der Waals surface area contributed by atoms with Gasteiger partial charge in [0.1, 0.15) is 0 Å². The number of hydrogen-bond acceptors (Lipinski definition) is 6. The average Bonchev–Trinajstić information content (AvgIpc) is 3.09. The summed E-state index contributed by atoms with van der Waals surface area (Å²) in [7, 11) is -3.46. The van der Waals surface area contributed by atoms with Gasteiger partial charge < -0.3 is 9.30 Å². The molecule has 32 heavy (non-hydrogen) atoms. The van der Waals surface area contributed by atoms with Crippen molar-refractivity contribution in [1.82, 2.24) is 4.57 Å². The summed E-state index contributed by atoms with van der Waals surface area (Å²) in [6, 6.07) is 13.8. The Morgan fingerprint density at radius 1 is 1.19 bits per heavy atom. The highest BCUT2D eigenvalue weighted by atomic mass is 32.2. The van der Waals surface area contributed by atoms with Gasteiger partial charge in [-0.25, -0.2) is 13.2 Å².